The molecule has 1 saturated carbocycles. The van der Waals surface area contributed by atoms with E-state index in [0.717, 1.165) is 18.0 Å². The maximum Gasteiger partial charge on any atom is 0.0948 e. The predicted octanol–water partition coefficient (Wildman–Crippen LogP) is 2.98. The van der Waals surface area contributed by atoms with Crippen LogP contribution in [0.25, 0.3) is 11.3 Å². The van der Waals surface area contributed by atoms with Crippen molar-refractivity contribution in [1.82, 2.24) is 10.4 Å². The highest BCUT2D eigenvalue weighted by Gasteiger charge is 2.25. The SMILES string of the molecule is NNC(Cc1nc(-c2ccccc2)cs1)CC1CC1. The third-order valence-corrected chi connectivity index (χ3v) is 4.46. The molecule has 1 fully saturated rings. The van der Waals surface area contributed by atoms with Gasteiger partial charge in [0.05, 0.1) is 10.7 Å². The van der Waals surface area contributed by atoms with Gasteiger partial charge in [0, 0.05) is 23.4 Å². The minimum absolute atomic E-state index is 0.363. The number of nitrogens with two attached hydrogens (primary N) is 1. The van der Waals surface area contributed by atoms with Gasteiger partial charge in [-0.25, -0.2) is 4.98 Å². The number of benzene rings is 1. The summed E-state index contributed by atoms with van der Waals surface area (Å²) in [6.07, 6.45) is 4.85. The second kappa shape index (κ2) is 5.82. The fourth-order valence-corrected chi connectivity index (χ4v) is 3.21. The Hall–Kier alpha value is -1.23. The van der Waals surface area contributed by atoms with Crippen LogP contribution < -0.4 is 11.3 Å². The summed E-state index contributed by atoms with van der Waals surface area (Å²) in [6, 6.07) is 10.7. The highest BCUT2D eigenvalue weighted by molar-refractivity contribution is 7.09. The monoisotopic (exact) mass is 273 g/mol. The highest BCUT2D eigenvalue weighted by Crippen LogP contribution is 2.34. The van der Waals surface area contributed by atoms with E-state index in [2.05, 4.69) is 22.9 Å². The molecule has 0 aliphatic heterocycles. The van der Waals surface area contributed by atoms with E-state index in [1.165, 1.54) is 29.8 Å². The lowest BCUT2D eigenvalue weighted by atomic mass is 10.1. The molecule has 0 spiro atoms. The zero-order valence-corrected chi connectivity index (χ0v) is 11.7. The van der Waals surface area contributed by atoms with Crippen LogP contribution in [-0.4, -0.2) is 11.0 Å². The van der Waals surface area contributed by atoms with Gasteiger partial charge in [0.1, 0.15) is 0 Å². The van der Waals surface area contributed by atoms with E-state index in [1.54, 1.807) is 11.3 Å². The predicted molar refractivity (Wildman–Crippen MR) is 79.7 cm³/mol. The molecule has 1 heterocycles. The number of hydrazine groups is 1. The first-order chi connectivity index (χ1) is 9.35. The summed E-state index contributed by atoms with van der Waals surface area (Å²) < 4.78 is 0. The number of hydrogen-bond acceptors (Lipinski definition) is 4. The molecular formula is C15H19N3S. The molecular weight excluding hydrogens is 254 g/mol. The minimum atomic E-state index is 0.363. The molecule has 3 N–H and O–H groups in total. The molecule has 1 aromatic carbocycles. The molecule has 0 bridgehead atoms. The zero-order valence-electron chi connectivity index (χ0n) is 10.9. The summed E-state index contributed by atoms with van der Waals surface area (Å²) in [7, 11) is 0. The molecule has 1 aromatic heterocycles. The van der Waals surface area contributed by atoms with Crippen LogP contribution >= 0.6 is 11.3 Å². The maximum absolute atomic E-state index is 5.64. The lowest BCUT2D eigenvalue weighted by molar-refractivity contribution is 0.465. The average molecular weight is 273 g/mol. The standard InChI is InChI=1S/C15H19N3S/c16-18-13(8-11-6-7-11)9-15-17-14(10-19-15)12-4-2-1-3-5-12/h1-5,10-11,13,18H,6-9,16H2. The first kappa shape index (κ1) is 12.8. The van der Waals surface area contributed by atoms with Crippen molar-refractivity contribution in [2.75, 3.05) is 0 Å². The van der Waals surface area contributed by atoms with E-state index in [-0.39, 0.29) is 0 Å². The Kier molecular flexibility index (Phi) is 3.92. The molecule has 0 saturated heterocycles. The molecule has 100 valence electrons. The fourth-order valence-electron chi connectivity index (χ4n) is 2.32. The van der Waals surface area contributed by atoms with E-state index in [0.29, 0.717) is 6.04 Å². The van der Waals surface area contributed by atoms with Gasteiger partial charge in [0.25, 0.3) is 0 Å². The average Bonchev–Trinajstić information content (AvgIpc) is 3.15. The Morgan fingerprint density at radius 2 is 2.11 bits per heavy atom. The molecule has 1 aliphatic rings. The summed E-state index contributed by atoms with van der Waals surface area (Å²) in [4.78, 5) is 4.72. The van der Waals surface area contributed by atoms with E-state index in [9.17, 15) is 0 Å². The zero-order chi connectivity index (χ0) is 13.1. The van der Waals surface area contributed by atoms with Crippen molar-refractivity contribution in [3.8, 4) is 11.3 Å². The van der Waals surface area contributed by atoms with Crippen molar-refractivity contribution >= 4 is 11.3 Å². The lowest BCUT2D eigenvalue weighted by Crippen LogP contribution is -2.37. The molecule has 0 amide bonds. The summed E-state index contributed by atoms with van der Waals surface area (Å²) in [6.45, 7) is 0. The van der Waals surface area contributed by atoms with Gasteiger partial charge in [-0.05, 0) is 12.3 Å². The molecule has 3 nitrogen and oxygen atoms in total. The number of aromatic nitrogens is 1. The summed E-state index contributed by atoms with van der Waals surface area (Å²) in [5.74, 6) is 6.53. The van der Waals surface area contributed by atoms with Crippen molar-refractivity contribution in [2.45, 2.75) is 31.7 Å². The largest absolute Gasteiger partial charge is 0.271 e. The summed E-state index contributed by atoms with van der Waals surface area (Å²) in [5, 5.41) is 3.30. The first-order valence-electron chi connectivity index (χ1n) is 6.81. The number of rotatable bonds is 6. The van der Waals surface area contributed by atoms with Crippen molar-refractivity contribution in [3.05, 3.63) is 40.7 Å². The second-order valence-corrected chi connectivity index (χ2v) is 6.18. The van der Waals surface area contributed by atoms with Gasteiger partial charge in [-0.3, -0.25) is 11.3 Å². The van der Waals surface area contributed by atoms with E-state index >= 15 is 0 Å². The fraction of sp³-hybridized carbons (Fsp3) is 0.400. The first-order valence-corrected chi connectivity index (χ1v) is 7.69. The van der Waals surface area contributed by atoms with Crippen LogP contribution in [0, 0.1) is 5.92 Å². The van der Waals surface area contributed by atoms with Gasteiger partial charge in [0.15, 0.2) is 0 Å². The molecule has 3 rings (SSSR count). The summed E-state index contributed by atoms with van der Waals surface area (Å²) >= 11 is 1.73. The van der Waals surface area contributed by atoms with Crippen LogP contribution in [0.5, 0.6) is 0 Å². The van der Waals surface area contributed by atoms with Gasteiger partial charge in [-0.2, -0.15) is 0 Å². The maximum atomic E-state index is 5.64. The summed E-state index contributed by atoms with van der Waals surface area (Å²) in [5.41, 5.74) is 5.19. The Morgan fingerprint density at radius 3 is 2.79 bits per heavy atom. The van der Waals surface area contributed by atoms with Gasteiger partial charge < -0.3 is 0 Å². The van der Waals surface area contributed by atoms with Crippen LogP contribution in [0.1, 0.15) is 24.3 Å². The second-order valence-electron chi connectivity index (χ2n) is 5.24. The normalized spacial score (nSPS) is 16.5. The molecule has 4 heteroatoms. The van der Waals surface area contributed by atoms with E-state index < -0.39 is 0 Å². The number of thiazole rings is 1. The van der Waals surface area contributed by atoms with Gasteiger partial charge in [-0.15, -0.1) is 11.3 Å². The third-order valence-electron chi connectivity index (χ3n) is 3.59. The Balaban J connectivity index is 1.67. The molecule has 1 unspecified atom stereocenters. The number of hydrogen-bond donors (Lipinski definition) is 2. The van der Waals surface area contributed by atoms with Crippen molar-refractivity contribution in [2.24, 2.45) is 11.8 Å². The number of nitrogens with zero attached hydrogens (tertiary/aromatic N) is 1. The van der Waals surface area contributed by atoms with Crippen LogP contribution in [-0.2, 0) is 6.42 Å². The third kappa shape index (κ3) is 3.41. The van der Waals surface area contributed by atoms with Gasteiger partial charge in [-0.1, -0.05) is 43.2 Å². The molecule has 2 aromatic rings. The van der Waals surface area contributed by atoms with E-state index in [1.807, 2.05) is 18.2 Å². The molecule has 0 radical (unpaired) electrons. The Morgan fingerprint density at radius 1 is 1.32 bits per heavy atom. The Bertz CT molecular complexity index is 519. The molecule has 1 aliphatic carbocycles. The van der Waals surface area contributed by atoms with Crippen LogP contribution in [0.4, 0.5) is 0 Å². The van der Waals surface area contributed by atoms with Crippen molar-refractivity contribution < 1.29 is 0 Å². The van der Waals surface area contributed by atoms with Crippen LogP contribution in [0.2, 0.25) is 0 Å². The Labute approximate surface area is 117 Å². The van der Waals surface area contributed by atoms with Crippen LogP contribution in [0.15, 0.2) is 35.7 Å². The highest BCUT2D eigenvalue weighted by atomic mass is 32.1. The molecule has 1 atom stereocenters. The van der Waals surface area contributed by atoms with Crippen LogP contribution in [0.3, 0.4) is 0 Å². The quantitative estimate of drug-likeness (QED) is 0.628. The lowest BCUT2D eigenvalue weighted by Gasteiger charge is -2.13. The smallest absolute Gasteiger partial charge is 0.0948 e. The molecule has 19 heavy (non-hydrogen) atoms. The number of nitrogens with one attached hydrogen (secondary N) is 1. The van der Waals surface area contributed by atoms with Gasteiger partial charge >= 0.3 is 0 Å². The van der Waals surface area contributed by atoms with Crippen molar-refractivity contribution in [3.63, 3.8) is 0 Å². The van der Waals surface area contributed by atoms with E-state index in [4.69, 9.17) is 10.8 Å². The minimum Gasteiger partial charge on any atom is -0.271 e. The topological polar surface area (TPSA) is 50.9 Å². The van der Waals surface area contributed by atoms with Crippen molar-refractivity contribution in [1.29, 1.82) is 0 Å². The van der Waals surface area contributed by atoms with Gasteiger partial charge in [0.2, 0.25) is 0 Å².